The number of aromatic nitrogens is 3. The molecule has 0 bridgehead atoms. The lowest BCUT2D eigenvalue weighted by molar-refractivity contribution is 0.510. The van der Waals surface area contributed by atoms with Crippen molar-refractivity contribution in [1.29, 1.82) is 0 Å². The number of imidazole rings is 1. The summed E-state index contributed by atoms with van der Waals surface area (Å²) in [6.07, 6.45) is 0. The van der Waals surface area contributed by atoms with Gasteiger partial charge >= 0.3 is 0 Å². The van der Waals surface area contributed by atoms with Crippen LogP contribution in [0.1, 0.15) is 26.5 Å². The first-order chi connectivity index (χ1) is 25.7. The van der Waals surface area contributed by atoms with E-state index in [4.69, 9.17) is 34.0 Å². The van der Waals surface area contributed by atoms with Crippen LogP contribution in [-0.2, 0) is 285 Å². The van der Waals surface area contributed by atoms with Gasteiger partial charge in [-0.05, 0) is 12.1 Å². The number of H-pyrrole nitrogens is 1. The number of fused-ring (bicyclic) bond motifs is 1. The lowest BCUT2D eigenvalue weighted by Gasteiger charge is -2.18. The molecule has 3 nitrogen and oxygen atoms in total. The van der Waals surface area contributed by atoms with E-state index in [1.165, 1.54) is 17.8 Å². The molecular weight excluding hydrogens is 1300 g/mol. The standard InChI is InChI=1S/C16H14ClF2N3.S31/c1-16(2,3)13-5-4-8(14(17)22-13)15-20-11-6-9(18)10(19)7-12(11)21-15;1-3-5-7-9-11-13-15-17-19-21-23-25-27-29-31-30-28-26-24-22-20-18-16-14-12-10-8-6-4-2/h4-7H,1-3H3,(H,20,21);. The SMILES string of the molecule is CC(C)(C)c1ccc(-c2nc3cc(F)c(F)cc3[nH]2)c(Cl)n1.S=S=S=S=S=S=S=S=S=S=S=S=S=S=S=S=S=S=S=S=S=S=S=S=S=S=S=S=S=S=S. The van der Waals surface area contributed by atoms with Crippen LogP contribution in [0.25, 0.3) is 22.4 Å². The first kappa shape index (κ1) is 53.9. The number of aromatic amines is 1. The largest absolute Gasteiger partial charge is 0.338 e. The molecule has 0 radical (unpaired) electrons. The molecule has 1 N–H and O–H groups in total. The predicted octanol–water partition coefficient (Wildman–Crippen LogP) is 4.78. The van der Waals surface area contributed by atoms with Crippen LogP contribution >= 0.6 is 11.6 Å². The van der Waals surface area contributed by atoms with Crippen molar-refractivity contribution in [2.75, 3.05) is 0 Å². The maximum Gasteiger partial charge on any atom is 0.161 e. The third-order valence-electron chi connectivity index (χ3n) is 4.17. The van der Waals surface area contributed by atoms with Gasteiger partial charge in [0.1, 0.15) is 11.0 Å². The third-order valence-corrected chi connectivity index (χ3v) is 66.7. The first-order valence-electron chi connectivity index (χ1n) is 11.8. The molecule has 0 atom stereocenters. The Bertz CT molecular complexity index is 3010. The number of hydrogen-bond donors (Lipinski definition) is 1. The van der Waals surface area contributed by atoms with E-state index in [2.05, 4.69) is 15.0 Å². The molecular formula is C16H14ClF2N3S31. The highest BCUT2D eigenvalue weighted by atomic mass is 35.5. The van der Waals surface area contributed by atoms with Gasteiger partial charge in [-0.15, -0.1) is 0 Å². The Kier molecular flexibility index (Phi) is 35.9. The summed E-state index contributed by atoms with van der Waals surface area (Å²) in [6, 6.07) is 5.80. The van der Waals surface area contributed by atoms with Gasteiger partial charge < -0.3 is 4.98 Å². The molecule has 0 aliphatic carbocycles. The van der Waals surface area contributed by atoms with Crippen LogP contribution in [0.15, 0.2) is 24.3 Å². The van der Waals surface area contributed by atoms with Gasteiger partial charge in [0.15, 0.2) is 11.6 Å². The second kappa shape index (κ2) is 35.3. The van der Waals surface area contributed by atoms with Crippen LogP contribution in [0.3, 0.4) is 0 Å². The summed E-state index contributed by atoms with van der Waals surface area (Å²) < 4.78 is 26.5. The van der Waals surface area contributed by atoms with Crippen LogP contribution in [0, 0.1) is 11.6 Å². The fraction of sp³-hybridized carbons (Fsp3) is 0.250. The quantitative estimate of drug-likeness (QED) is 0.357. The van der Waals surface area contributed by atoms with Gasteiger partial charge in [-0.1, -0.05) is 32.4 Å². The van der Waals surface area contributed by atoms with E-state index < -0.39 is 11.6 Å². The van der Waals surface area contributed by atoms with E-state index in [1.54, 1.807) is 113 Å². The van der Waals surface area contributed by atoms with Crippen LogP contribution in [0.5, 0.6) is 0 Å². The molecule has 3 aromatic rings. The molecule has 0 aliphatic heterocycles. The molecule has 0 saturated carbocycles. The summed E-state index contributed by atoms with van der Waals surface area (Å²) >= 11 is 15.8. The van der Waals surface area contributed by atoms with Crippen molar-refractivity contribution in [3.8, 4) is 11.4 Å². The molecule has 0 saturated heterocycles. The van der Waals surface area contributed by atoms with Gasteiger partial charge in [-0.3, -0.25) is 0 Å². The molecule has 0 spiro atoms. The predicted molar refractivity (Wildman–Crippen MR) is 311 cm³/mol. The maximum absolute atomic E-state index is 13.3. The molecule has 0 aliphatic rings. The Morgan fingerprint density at radius 1 is 0.528 bits per heavy atom. The summed E-state index contributed by atoms with van der Waals surface area (Å²) in [5, 5.41) is 0.299. The van der Waals surface area contributed by atoms with Crippen LogP contribution in [-0.4, -0.2) is 15.0 Å². The smallest absolute Gasteiger partial charge is 0.161 e. The average molecular weight is 1320 g/mol. The number of halogens is 3. The molecule has 300 valence electrons. The van der Waals surface area contributed by atoms with E-state index in [0.29, 0.717) is 27.6 Å². The Morgan fingerprint density at radius 2 is 0.868 bits per heavy atom. The van der Waals surface area contributed by atoms with Crippen molar-refractivity contribution in [1.82, 2.24) is 15.0 Å². The summed E-state index contributed by atoms with van der Waals surface area (Å²) in [6.45, 7) is 6.12. The van der Waals surface area contributed by atoms with Crippen molar-refractivity contribution in [2.24, 2.45) is 0 Å². The minimum absolute atomic E-state index is 0.123. The number of pyridine rings is 1. The third kappa shape index (κ3) is 26.8. The lowest BCUT2D eigenvalue weighted by Crippen LogP contribution is -2.13. The Hall–Kier alpha value is 4.81. The monoisotopic (exact) mass is 1310 g/mol. The molecule has 0 unspecified atom stereocenters. The summed E-state index contributed by atoms with van der Waals surface area (Å²) in [5.41, 5.74) is 2.07. The minimum atomic E-state index is -0.933. The Balaban J connectivity index is 0.000000385. The summed E-state index contributed by atoms with van der Waals surface area (Å²) in [7, 11) is 50.9. The molecule has 53 heavy (non-hydrogen) atoms. The molecule has 37 heteroatoms. The van der Waals surface area contributed by atoms with E-state index in [-0.39, 0.29) is 5.41 Å². The zero-order valence-electron chi connectivity index (χ0n) is 25.0. The molecule has 3 rings (SSSR count). The molecule has 0 amide bonds. The van der Waals surface area contributed by atoms with Gasteiger partial charge in [-0.25, -0.2) is 18.7 Å². The number of hydrogen-bond acceptors (Lipinski definition) is 4. The van der Waals surface area contributed by atoms with E-state index >= 15 is 0 Å². The van der Waals surface area contributed by atoms with Gasteiger partial charge in [0.25, 0.3) is 0 Å². The fourth-order valence-electron chi connectivity index (χ4n) is 2.47. The normalized spacial score (nSPS) is 9.47. The van der Waals surface area contributed by atoms with Gasteiger partial charge in [0.2, 0.25) is 0 Å². The fourth-order valence-corrected chi connectivity index (χ4v) is 76.8. The molecule has 1 aromatic carbocycles. The number of nitrogens with one attached hydrogen (secondary N) is 1. The van der Waals surface area contributed by atoms with E-state index in [1.807, 2.05) is 160 Å². The maximum atomic E-state index is 13.3. The number of rotatable bonds is 1. The molecule has 2 heterocycles. The van der Waals surface area contributed by atoms with Gasteiger partial charge in [0, 0.05) is 303 Å². The Labute approximate surface area is 401 Å². The minimum Gasteiger partial charge on any atom is -0.338 e. The lowest BCUT2D eigenvalue weighted by atomic mass is 9.91. The number of nitrogens with zero attached hydrogens (tertiary/aromatic N) is 2. The van der Waals surface area contributed by atoms with E-state index in [0.717, 1.165) is 17.8 Å². The highest BCUT2D eigenvalue weighted by Gasteiger charge is 2.19. The van der Waals surface area contributed by atoms with Crippen molar-refractivity contribution < 1.29 is 8.78 Å². The van der Waals surface area contributed by atoms with Crippen molar-refractivity contribution >= 4 is 303 Å². The van der Waals surface area contributed by atoms with Gasteiger partial charge in [-0.2, -0.15) is 0 Å². The van der Waals surface area contributed by atoms with Crippen molar-refractivity contribution in [3.63, 3.8) is 0 Å². The second-order valence-electron chi connectivity index (χ2n) is 8.13. The summed E-state index contributed by atoms with van der Waals surface area (Å²) in [5.74, 6) is -1.43. The zero-order chi connectivity index (χ0) is 38.6. The van der Waals surface area contributed by atoms with E-state index in [9.17, 15) is 8.78 Å². The van der Waals surface area contributed by atoms with Gasteiger partial charge in [0.05, 0.1) is 16.6 Å². The first-order valence-corrected chi connectivity index (χ1v) is 52.2. The Morgan fingerprint density at radius 3 is 1.19 bits per heavy atom. The topological polar surface area (TPSA) is 41.6 Å². The van der Waals surface area contributed by atoms with Crippen LogP contribution in [0.2, 0.25) is 5.15 Å². The highest BCUT2D eigenvalue weighted by Crippen LogP contribution is 2.30. The van der Waals surface area contributed by atoms with Crippen molar-refractivity contribution in [2.45, 2.75) is 26.2 Å². The highest BCUT2D eigenvalue weighted by molar-refractivity contribution is 8.80. The molecule has 2 aromatic heterocycles. The average Bonchev–Trinajstić information content (AvgIpc) is 3.53. The van der Waals surface area contributed by atoms with Crippen LogP contribution in [0.4, 0.5) is 8.78 Å². The van der Waals surface area contributed by atoms with Crippen LogP contribution < -0.4 is 0 Å². The van der Waals surface area contributed by atoms with Crippen molar-refractivity contribution in [3.05, 3.63) is 46.7 Å². The summed E-state index contributed by atoms with van der Waals surface area (Å²) in [4.78, 5) is 11.6. The second-order valence-corrected chi connectivity index (χ2v) is 59.8. The number of benzene rings is 1. The zero-order valence-corrected chi connectivity index (χ0v) is 51.1. The molecule has 0 fully saturated rings.